The summed E-state index contributed by atoms with van der Waals surface area (Å²) in [5.74, 6) is -0.116. The van der Waals surface area contributed by atoms with Crippen molar-refractivity contribution in [1.82, 2.24) is 10.2 Å². The van der Waals surface area contributed by atoms with Gasteiger partial charge in [-0.05, 0) is 47.0 Å². The second-order valence-electron chi connectivity index (χ2n) is 6.98. The second kappa shape index (κ2) is 5.68. The molecule has 2 heterocycles. The van der Waals surface area contributed by atoms with Crippen molar-refractivity contribution < 1.29 is 9.59 Å². The Bertz CT molecular complexity index is 1040. The van der Waals surface area contributed by atoms with E-state index in [-0.39, 0.29) is 11.9 Å². The highest BCUT2D eigenvalue weighted by Crippen LogP contribution is 2.42. The van der Waals surface area contributed by atoms with Crippen LogP contribution in [0.25, 0.3) is 10.8 Å². The van der Waals surface area contributed by atoms with Gasteiger partial charge in [-0.3, -0.25) is 9.69 Å². The summed E-state index contributed by atoms with van der Waals surface area (Å²) in [5, 5.41) is 7.24. The number of imide groups is 1. The Morgan fingerprint density at radius 1 is 1.08 bits per heavy atom. The van der Waals surface area contributed by atoms with E-state index in [0.717, 1.165) is 34.7 Å². The molecule has 0 saturated carbocycles. The fourth-order valence-electron chi connectivity index (χ4n) is 4.29. The SMILES string of the molecule is O=C1N[C@]2(CCCc3sccc32)C(=O)N1Cc1cccc2ccccc12. The van der Waals surface area contributed by atoms with Crippen LogP contribution in [-0.2, 0) is 23.3 Å². The summed E-state index contributed by atoms with van der Waals surface area (Å²) in [7, 11) is 0. The molecule has 26 heavy (non-hydrogen) atoms. The fourth-order valence-corrected chi connectivity index (χ4v) is 5.29. The summed E-state index contributed by atoms with van der Waals surface area (Å²) in [5.41, 5.74) is 1.12. The molecular weight excluding hydrogens is 344 g/mol. The largest absolute Gasteiger partial charge is 0.325 e. The first-order chi connectivity index (χ1) is 12.7. The molecule has 3 amide bonds. The Morgan fingerprint density at radius 2 is 1.92 bits per heavy atom. The summed E-state index contributed by atoms with van der Waals surface area (Å²) >= 11 is 1.67. The lowest BCUT2D eigenvalue weighted by atomic mass is 9.80. The Morgan fingerprint density at radius 3 is 2.85 bits per heavy atom. The zero-order valence-corrected chi connectivity index (χ0v) is 15.0. The summed E-state index contributed by atoms with van der Waals surface area (Å²) < 4.78 is 0. The van der Waals surface area contributed by atoms with E-state index < -0.39 is 5.54 Å². The molecule has 0 unspecified atom stereocenters. The molecule has 1 aliphatic carbocycles. The van der Waals surface area contributed by atoms with Gasteiger partial charge < -0.3 is 5.32 Å². The minimum atomic E-state index is -0.866. The lowest BCUT2D eigenvalue weighted by Gasteiger charge is -2.31. The zero-order valence-electron chi connectivity index (χ0n) is 14.2. The number of fused-ring (bicyclic) bond motifs is 3. The summed E-state index contributed by atoms with van der Waals surface area (Å²) in [6.07, 6.45) is 2.58. The Kier molecular flexibility index (Phi) is 3.40. The lowest BCUT2D eigenvalue weighted by molar-refractivity contribution is -0.132. The molecule has 4 nitrogen and oxygen atoms in total. The molecule has 3 aromatic rings. The predicted octanol–water partition coefficient (Wildman–Crippen LogP) is 4.18. The lowest BCUT2D eigenvalue weighted by Crippen LogP contribution is -2.46. The summed E-state index contributed by atoms with van der Waals surface area (Å²) in [4.78, 5) is 28.7. The van der Waals surface area contributed by atoms with Gasteiger partial charge >= 0.3 is 6.03 Å². The summed E-state index contributed by atoms with van der Waals surface area (Å²) in [6, 6.07) is 15.8. The molecule has 2 aliphatic rings. The van der Waals surface area contributed by atoms with Crippen LogP contribution in [0.4, 0.5) is 4.79 Å². The van der Waals surface area contributed by atoms with Gasteiger partial charge in [-0.25, -0.2) is 4.79 Å². The van der Waals surface area contributed by atoms with Gasteiger partial charge in [0.2, 0.25) is 0 Å². The number of aryl methyl sites for hydroxylation is 1. The Labute approximate surface area is 155 Å². The maximum absolute atomic E-state index is 13.3. The molecule has 0 radical (unpaired) electrons. The number of carbonyl (C=O) groups excluding carboxylic acids is 2. The smallest absolute Gasteiger partial charge is 0.319 e. The van der Waals surface area contributed by atoms with E-state index >= 15 is 0 Å². The average molecular weight is 362 g/mol. The molecule has 1 spiro atoms. The van der Waals surface area contributed by atoms with E-state index in [1.807, 2.05) is 53.9 Å². The van der Waals surface area contributed by atoms with Gasteiger partial charge in [0.25, 0.3) is 5.91 Å². The highest BCUT2D eigenvalue weighted by molar-refractivity contribution is 7.10. The molecule has 2 aromatic carbocycles. The minimum absolute atomic E-state index is 0.116. The van der Waals surface area contributed by atoms with Crippen LogP contribution in [0.3, 0.4) is 0 Å². The van der Waals surface area contributed by atoms with Crippen molar-refractivity contribution in [1.29, 1.82) is 0 Å². The Balaban J connectivity index is 1.54. The van der Waals surface area contributed by atoms with Gasteiger partial charge in [-0.1, -0.05) is 42.5 Å². The molecular formula is C21H18N2O2S. The normalized spacial score (nSPS) is 22.1. The highest BCUT2D eigenvalue weighted by atomic mass is 32.1. The first kappa shape index (κ1) is 15.6. The van der Waals surface area contributed by atoms with Crippen molar-refractivity contribution in [3.8, 4) is 0 Å². The number of amides is 3. The molecule has 5 heteroatoms. The van der Waals surface area contributed by atoms with Crippen molar-refractivity contribution in [2.24, 2.45) is 0 Å². The number of hydrogen-bond acceptors (Lipinski definition) is 3. The van der Waals surface area contributed by atoms with E-state index in [1.54, 1.807) is 11.3 Å². The van der Waals surface area contributed by atoms with Crippen LogP contribution < -0.4 is 5.32 Å². The maximum atomic E-state index is 13.3. The molecule has 5 rings (SSSR count). The molecule has 1 N–H and O–H groups in total. The van der Waals surface area contributed by atoms with E-state index in [0.29, 0.717) is 13.0 Å². The van der Waals surface area contributed by atoms with Crippen molar-refractivity contribution >= 4 is 34.0 Å². The van der Waals surface area contributed by atoms with Gasteiger partial charge in [-0.2, -0.15) is 0 Å². The number of nitrogens with zero attached hydrogens (tertiary/aromatic N) is 1. The molecule has 1 atom stereocenters. The molecule has 0 bridgehead atoms. The van der Waals surface area contributed by atoms with Crippen molar-refractivity contribution in [2.45, 2.75) is 31.3 Å². The predicted molar refractivity (Wildman–Crippen MR) is 102 cm³/mol. The number of urea groups is 1. The van der Waals surface area contributed by atoms with Gasteiger partial charge in [-0.15, -0.1) is 11.3 Å². The fraction of sp³-hybridized carbons (Fsp3) is 0.238. The Hall–Kier alpha value is -2.66. The standard InChI is InChI=1S/C21H18N2O2S/c24-19-21(11-4-9-18-17(21)10-12-26-18)22-20(25)23(19)13-15-7-3-6-14-5-1-2-8-16(14)15/h1-3,5-8,10,12H,4,9,11,13H2,(H,22,25)/t21-/m0/s1. The third kappa shape index (κ3) is 2.13. The second-order valence-corrected chi connectivity index (χ2v) is 7.98. The zero-order chi connectivity index (χ0) is 17.7. The number of hydrogen-bond donors (Lipinski definition) is 1. The number of benzene rings is 2. The van der Waals surface area contributed by atoms with E-state index in [2.05, 4.69) is 5.32 Å². The van der Waals surface area contributed by atoms with Crippen molar-refractivity contribution in [3.63, 3.8) is 0 Å². The van der Waals surface area contributed by atoms with Crippen LogP contribution >= 0.6 is 11.3 Å². The van der Waals surface area contributed by atoms with Crippen molar-refractivity contribution in [3.05, 3.63) is 69.9 Å². The van der Waals surface area contributed by atoms with Crippen LogP contribution in [0.2, 0.25) is 0 Å². The number of thiophene rings is 1. The van der Waals surface area contributed by atoms with Gasteiger partial charge in [0, 0.05) is 10.4 Å². The van der Waals surface area contributed by atoms with E-state index in [4.69, 9.17) is 0 Å². The number of carbonyl (C=O) groups is 2. The van der Waals surface area contributed by atoms with Gasteiger partial charge in [0.1, 0.15) is 5.54 Å². The molecule has 1 saturated heterocycles. The molecule has 1 fully saturated rings. The average Bonchev–Trinajstić information content (AvgIpc) is 3.23. The number of nitrogens with one attached hydrogen (secondary N) is 1. The quantitative estimate of drug-likeness (QED) is 0.695. The van der Waals surface area contributed by atoms with Gasteiger partial charge in [0.05, 0.1) is 6.54 Å². The first-order valence-corrected chi connectivity index (χ1v) is 9.75. The van der Waals surface area contributed by atoms with Crippen LogP contribution in [-0.4, -0.2) is 16.8 Å². The van der Waals surface area contributed by atoms with E-state index in [9.17, 15) is 9.59 Å². The van der Waals surface area contributed by atoms with Gasteiger partial charge in [0.15, 0.2) is 0 Å². The van der Waals surface area contributed by atoms with Crippen LogP contribution in [0.1, 0.15) is 28.8 Å². The number of rotatable bonds is 2. The van der Waals surface area contributed by atoms with Crippen LogP contribution in [0, 0.1) is 0 Å². The highest BCUT2D eigenvalue weighted by Gasteiger charge is 2.54. The summed E-state index contributed by atoms with van der Waals surface area (Å²) in [6.45, 7) is 0.299. The third-order valence-electron chi connectivity index (χ3n) is 5.54. The first-order valence-electron chi connectivity index (χ1n) is 8.87. The van der Waals surface area contributed by atoms with Crippen molar-refractivity contribution in [2.75, 3.05) is 0 Å². The topological polar surface area (TPSA) is 49.4 Å². The minimum Gasteiger partial charge on any atom is -0.319 e. The van der Waals surface area contributed by atoms with E-state index in [1.165, 1.54) is 9.78 Å². The molecule has 1 aliphatic heterocycles. The van der Waals surface area contributed by atoms with Crippen LogP contribution in [0.15, 0.2) is 53.9 Å². The molecule has 1 aromatic heterocycles. The third-order valence-corrected chi connectivity index (χ3v) is 6.53. The molecule has 130 valence electrons. The van der Waals surface area contributed by atoms with Crippen LogP contribution in [0.5, 0.6) is 0 Å². The maximum Gasteiger partial charge on any atom is 0.325 e. The monoisotopic (exact) mass is 362 g/mol.